The molecule has 1 amide bonds. The number of nitrogens with zero attached hydrogens (tertiary/aromatic N) is 3. The number of amides is 1. The highest BCUT2D eigenvalue weighted by Gasteiger charge is 2.25. The van der Waals surface area contributed by atoms with Gasteiger partial charge in [-0.15, -0.1) is 0 Å². The lowest BCUT2D eigenvalue weighted by Crippen LogP contribution is -2.29. The maximum Gasteiger partial charge on any atom is 0.253 e. The number of hydrogen-bond donors (Lipinski definition) is 1. The van der Waals surface area contributed by atoms with E-state index in [1.54, 1.807) is 10.9 Å². The third-order valence-electron chi connectivity index (χ3n) is 3.79. The largest absolute Gasteiger partial charge is 0.338 e. The summed E-state index contributed by atoms with van der Waals surface area (Å²) >= 11 is 0. The number of hydrogen-bond acceptors (Lipinski definition) is 3. The Morgan fingerprint density at radius 2 is 2.15 bits per heavy atom. The summed E-state index contributed by atoms with van der Waals surface area (Å²) in [7, 11) is 0. The molecule has 20 heavy (non-hydrogen) atoms. The summed E-state index contributed by atoms with van der Waals surface area (Å²) in [5.41, 5.74) is 7.33. The van der Waals surface area contributed by atoms with E-state index in [0.29, 0.717) is 12.5 Å². The van der Waals surface area contributed by atoms with Crippen molar-refractivity contribution in [1.82, 2.24) is 14.7 Å². The number of nitrogens with two attached hydrogens (primary N) is 1. The van der Waals surface area contributed by atoms with Crippen LogP contribution in [0.5, 0.6) is 0 Å². The number of carbonyl (C=O) groups excluding carboxylic acids is 1. The quantitative estimate of drug-likeness (QED) is 0.914. The number of likely N-dealkylation sites (tertiary alicyclic amines) is 1. The predicted octanol–water partition coefficient (Wildman–Crippen LogP) is 1.29. The first-order chi connectivity index (χ1) is 9.78. The van der Waals surface area contributed by atoms with Gasteiger partial charge in [-0.25, -0.2) is 4.68 Å². The number of aromatic nitrogens is 2. The minimum Gasteiger partial charge on any atom is -0.338 e. The van der Waals surface area contributed by atoms with Gasteiger partial charge in [0, 0.05) is 31.0 Å². The molecule has 1 aromatic heterocycles. The van der Waals surface area contributed by atoms with Gasteiger partial charge in [0.15, 0.2) is 0 Å². The SMILES string of the molecule is NCC1CCN(C(=O)c2ccc(-n3cccn3)cc2)C1. The first-order valence-electron chi connectivity index (χ1n) is 6.87. The Morgan fingerprint density at radius 1 is 1.35 bits per heavy atom. The van der Waals surface area contributed by atoms with Crippen LogP contribution in [0.1, 0.15) is 16.8 Å². The van der Waals surface area contributed by atoms with Crippen LogP contribution in [-0.2, 0) is 0 Å². The third kappa shape index (κ3) is 2.44. The second kappa shape index (κ2) is 5.46. The molecule has 0 aliphatic carbocycles. The molecule has 3 rings (SSSR count). The van der Waals surface area contributed by atoms with Crippen molar-refractivity contribution in [1.29, 1.82) is 0 Å². The van der Waals surface area contributed by atoms with Crippen molar-refractivity contribution in [2.45, 2.75) is 6.42 Å². The second-order valence-corrected chi connectivity index (χ2v) is 5.14. The van der Waals surface area contributed by atoms with Crippen molar-refractivity contribution in [2.24, 2.45) is 11.7 Å². The zero-order chi connectivity index (χ0) is 13.9. The molecule has 0 bridgehead atoms. The summed E-state index contributed by atoms with van der Waals surface area (Å²) < 4.78 is 1.77. The Bertz CT molecular complexity index is 576. The number of carbonyl (C=O) groups is 1. The van der Waals surface area contributed by atoms with Gasteiger partial charge in [-0.3, -0.25) is 4.79 Å². The minimum atomic E-state index is 0.0907. The molecule has 1 fully saturated rings. The van der Waals surface area contributed by atoms with Gasteiger partial charge in [-0.2, -0.15) is 5.10 Å². The lowest BCUT2D eigenvalue weighted by Gasteiger charge is -2.16. The molecule has 5 heteroatoms. The molecule has 2 heterocycles. The predicted molar refractivity (Wildman–Crippen MR) is 76.6 cm³/mol. The smallest absolute Gasteiger partial charge is 0.253 e. The molecule has 5 nitrogen and oxygen atoms in total. The van der Waals surface area contributed by atoms with E-state index in [0.717, 1.165) is 30.8 Å². The highest BCUT2D eigenvalue weighted by Crippen LogP contribution is 2.18. The van der Waals surface area contributed by atoms with E-state index >= 15 is 0 Å². The van der Waals surface area contributed by atoms with Crippen molar-refractivity contribution in [3.63, 3.8) is 0 Å². The average molecular weight is 270 g/mol. The van der Waals surface area contributed by atoms with Crippen molar-refractivity contribution >= 4 is 5.91 Å². The molecule has 1 aromatic carbocycles. The fraction of sp³-hybridized carbons (Fsp3) is 0.333. The monoisotopic (exact) mass is 270 g/mol. The first kappa shape index (κ1) is 12.9. The number of benzene rings is 1. The summed E-state index contributed by atoms with van der Waals surface area (Å²) in [6.45, 7) is 2.24. The molecule has 104 valence electrons. The summed E-state index contributed by atoms with van der Waals surface area (Å²) in [5.74, 6) is 0.537. The molecule has 1 atom stereocenters. The van der Waals surface area contributed by atoms with Crippen LogP contribution in [0.3, 0.4) is 0 Å². The van der Waals surface area contributed by atoms with Crippen LogP contribution in [-0.4, -0.2) is 40.2 Å². The maximum absolute atomic E-state index is 12.4. The van der Waals surface area contributed by atoms with E-state index in [2.05, 4.69) is 5.10 Å². The highest BCUT2D eigenvalue weighted by atomic mass is 16.2. The van der Waals surface area contributed by atoms with Crippen LogP contribution in [0.15, 0.2) is 42.7 Å². The topological polar surface area (TPSA) is 64.2 Å². The zero-order valence-corrected chi connectivity index (χ0v) is 11.3. The lowest BCUT2D eigenvalue weighted by atomic mass is 10.1. The Morgan fingerprint density at radius 3 is 2.75 bits per heavy atom. The molecule has 1 aliphatic heterocycles. The lowest BCUT2D eigenvalue weighted by molar-refractivity contribution is 0.0787. The van der Waals surface area contributed by atoms with Gasteiger partial charge in [0.25, 0.3) is 5.91 Å². The van der Waals surface area contributed by atoms with Gasteiger partial charge in [-0.1, -0.05) is 0 Å². The van der Waals surface area contributed by atoms with E-state index in [-0.39, 0.29) is 5.91 Å². The Labute approximate surface area is 118 Å². The Kier molecular flexibility index (Phi) is 3.52. The van der Waals surface area contributed by atoms with Gasteiger partial charge in [0.1, 0.15) is 0 Å². The summed E-state index contributed by atoms with van der Waals surface area (Å²) in [6.07, 6.45) is 4.62. The van der Waals surface area contributed by atoms with Crippen molar-refractivity contribution in [3.8, 4) is 5.69 Å². The van der Waals surface area contributed by atoms with Crippen LogP contribution in [0.2, 0.25) is 0 Å². The molecule has 0 saturated carbocycles. The number of rotatable bonds is 3. The Balaban J connectivity index is 1.73. The molecule has 0 spiro atoms. The van der Waals surface area contributed by atoms with Crippen LogP contribution < -0.4 is 5.73 Å². The van der Waals surface area contributed by atoms with Crippen molar-refractivity contribution < 1.29 is 4.79 Å². The Hall–Kier alpha value is -2.14. The standard InChI is InChI=1S/C15H18N4O/c16-10-12-6-9-18(11-12)15(20)13-2-4-14(5-3-13)19-8-1-7-17-19/h1-5,7-8,12H,6,9-11,16H2. The molecule has 1 aliphatic rings. The van der Waals surface area contributed by atoms with E-state index < -0.39 is 0 Å². The van der Waals surface area contributed by atoms with Gasteiger partial charge >= 0.3 is 0 Å². The summed E-state index contributed by atoms with van der Waals surface area (Å²) in [4.78, 5) is 14.3. The van der Waals surface area contributed by atoms with Gasteiger partial charge in [-0.05, 0) is 49.2 Å². The van der Waals surface area contributed by atoms with Crippen molar-refractivity contribution in [3.05, 3.63) is 48.3 Å². The fourth-order valence-corrected chi connectivity index (χ4v) is 2.57. The van der Waals surface area contributed by atoms with Crippen molar-refractivity contribution in [2.75, 3.05) is 19.6 Å². The van der Waals surface area contributed by atoms with Crippen LogP contribution in [0.25, 0.3) is 5.69 Å². The van der Waals surface area contributed by atoms with Crippen LogP contribution >= 0.6 is 0 Å². The van der Waals surface area contributed by atoms with Crippen LogP contribution in [0, 0.1) is 5.92 Å². The molecule has 1 unspecified atom stereocenters. The molecular weight excluding hydrogens is 252 g/mol. The summed E-state index contributed by atoms with van der Waals surface area (Å²) in [6, 6.07) is 9.41. The van der Waals surface area contributed by atoms with E-state index in [1.165, 1.54) is 0 Å². The molecule has 2 N–H and O–H groups in total. The van der Waals surface area contributed by atoms with E-state index in [9.17, 15) is 4.79 Å². The molecular formula is C15H18N4O. The highest BCUT2D eigenvalue weighted by molar-refractivity contribution is 5.94. The fourth-order valence-electron chi connectivity index (χ4n) is 2.57. The normalized spacial score (nSPS) is 18.4. The summed E-state index contributed by atoms with van der Waals surface area (Å²) in [5, 5.41) is 4.17. The van der Waals surface area contributed by atoms with Gasteiger partial charge in [0.2, 0.25) is 0 Å². The molecule has 2 aromatic rings. The average Bonchev–Trinajstić information content (AvgIpc) is 3.18. The molecule has 0 radical (unpaired) electrons. The molecule has 1 saturated heterocycles. The van der Waals surface area contributed by atoms with Gasteiger partial charge in [0.05, 0.1) is 5.69 Å². The van der Waals surface area contributed by atoms with E-state index in [1.807, 2.05) is 41.4 Å². The second-order valence-electron chi connectivity index (χ2n) is 5.14. The zero-order valence-electron chi connectivity index (χ0n) is 11.3. The van der Waals surface area contributed by atoms with E-state index in [4.69, 9.17) is 5.73 Å². The maximum atomic E-state index is 12.4. The van der Waals surface area contributed by atoms with Crippen LogP contribution in [0.4, 0.5) is 0 Å². The third-order valence-corrected chi connectivity index (χ3v) is 3.79. The minimum absolute atomic E-state index is 0.0907. The first-order valence-corrected chi connectivity index (χ1v) is 6.87. The van der Waals surface area contributed by atoms with Gasteiger partial charge < -0.3 is 10.6 Å².